The molecule has 0 unspecified atom stereocenters. The van der Waals surface area contributed by atoms with Crippen molar-refractivity contribution in [1.29, 1.82) is 0 Å². The summed E-state index contributed by atoms with van der Waals surface area (Å²) in [7, 11) is 3.38. The molecule has 28 heavy (non-hydrogen) atoms. The van der Waals surface area contributed by atoms with E-state index in [-0.39, 0.29) is 23.2 Å². The van der Waals surface area contributed by atoms with Crippen molar-refractivity contribution in [3.05, 3.63) is 24.3 Å². The number of hydrogen-bond acceptors (Lipinski definition) is 5. The van der Waals surface area contributed by atoms with Crippen LogP contribution < -0.4 is 5.32 Å². The largest absolute Gasteiger partial charge is 0.449 e. The number of likely N-dealkylation sites (tertiary alicyclic amines) is 1. The maximum atomic E-state index is 12.7. The highest BCUT2D eigenvalue weighted by atomic mass is 32.2. The van der Waals surface area contributed by atoms with Crippen molar-refractivity contribution >= 4 is 34.7 Å². The van der Waals surface area contributed by atoms with Crippen LogP contribution in [-0.4, -0.2) is 60.8 Å². The first-order chi connectivity index (χ1) is 13.3. The average Bonchev–Trinajstić information content (AvgIpc) is 2.67. The lowest BCUT2D eigenvalue weighted by Crippen LogP contribution is -2.42. The number of anilines is 1. The van der Waals surface area contributed by atoms with Crippen molar-refractivity contribution in [3.8, 4) is 0 Å². The van der Waals surface area contributed by atoms with E-state index in [4.69, 9.17) is 4.74 Å². The summed E-state index contributed by atoms with van der Waals surface area (Å²) in [6.07, 6.45) is 0.875. The summed E-state index contributed by atoms with van der Waals surface area (Å²) in [5.41, 5.74) is 0.631. The normalized spacial score (nSPS) is 14.7. The average molecular weight is 408 g/mol. The zero-order chi connectivity index (χ0) is 20.7. The Labute approximate surface area is 170 Å². The Hall–Kier alpha value is -2.22. The van der Waals surface area contributed by atoms with E-state index in [1.165, 1.54) is 4.90 Å². The van der Waals surface area contributed by atoms with Crippen LogP contribution in [0.4, 0.5) is 15.3 Å². The van der Waals surface area contributed by atoms with Gasteiger partial charge in [0, 0.05) is 38.0 Å². The van der Waals surface area contributed by atoms with Crippen LogP contribution in [0.25, 0.3) is 0 Å². The van der Waals surface area contributed by atoms with Crippen molar-refractivity contribution in [2.75, 3.05) is 39.1 Å². The predicted molar refractivity (Wildman–Crippen MR) is 110 cm³/mol. The summed E-state index contributed by atoms with van der Waals surface area (Å²) in [5, 5.41) is 2.84. The SMILES string of the molecule is CC(C)COC(=O)N1CCC(C(=O)Nc2ccccc2SC(=O)N(C)C)CC1. The lowest BCUT2D eigenvalue weighted by molar-refractivity contribution is -0.121. The number of rotatable bonds is 5. The molecule has 1 saturated heterocycles. The Morgan fingerprint density at radius 1 is 1.21 bits per heavy atom. The molecule has 1 aliphatic heterocycles. The second-order valence-electron chi connectivity index (χ2n) is 7.48. The first kappa shape index (κ1) is 22.1. The number of ether oxygens (including phenoxy) is 1. The number of piperidine rings is 1. The second kappa shape index (κ2) is 10.4. The number of thioether (sulfide) groups is 1. The second-order valence-corrected chi connectivity index (χ2v) is 8.47. The number of carbonyl (C=O) groups excluding carboxylic acids is 3. The van der Waals surface area contributed by atoms with Crippen molar-refractivity contribution in [1.82, 2.24) is 9.80 Å². The first-order valence-corrected chi connectivity index (χ1v) is 10.3. The number of amides is 3. The molecule has 1 fully saturated rings. The minimum absolute atomic E-state index is 0.0828. The third-order valence-corrected chi connectivity index (χ3v) is 5.49. The van der Waals surface area contributed by atoms with E-state index >= 15 is 0 Å². The van der Waals surface area contributed by atoms with E-state index in [1.54, 1.807) is 25.1 Å². The van der Waals surface area contributed by atoms with E-state index < -0.39 is 0 Å². The van der Waals surface area contributed by atoms with Gasteiger partial charge in [0.05, 0.1) is 12.3 Å². The topological polar surface area (TPSA) is 79.0 Å². The van der Waals surface area contributed by atoms with E-state index in [2.05, 4.69) is 5.32 Å². The molecule has 1 aromatic carbocycles. The van der Waals surface area contributed by atoms with E-state index in [0.717, 1.165) is 11.8 Å². The van der Waals surface area contributed by atoms with Crippen LogP contribution >= 0.6 is 11.8 Å². The smallest absolute Gasteiger partial charge is 0.409 e. The molecule has 0 aliphatic carbocycles. The minimum Gasteiger partial charge on any atom is -0.449 e. The van der Waals surface area contributed by atoms with Gasteiger partial charge >= 0.3 is 6.09 Å². The summed E-state index contributed by atoms with van der Waals surface area (Å²) >= 11 is 1.08. The fourth-order valence-corrected chi connectivity index (χ4v) is 3.48. The Kier molecular flexibility index (Phi) is 8.17. The van der Waals surface area contributed by atoms with E-state index in [0.29, 0.717) is 49.0 Å². The molecular formula is C20H29N3O4S. The van der Waals surface area contributed by atoms with Crippen LogP contribution in [0.2, 0.25) is 0 Å². The van der Waals surface area contributed by atoms with Crippen LogP contribution in [0.15, 0.2) is 29.2 Å². The molecule has 0 spiro atoms. The maximum absolute atomic E-state index is 12.7. The van der Waals surface area contributed by atoms with Gasteiger partial charge in [-0.05, 0) is 42.7 Å². The third kappa shape index (κ3) is 6.44. The van der Waals surface area contributed by atoms with Gasteiger partial charge in [-0.1, -0.05) is 26.0 Å². The standard InChI is InChI=1S/C20H29N3O4S/c1-14(2)13-27-19(25)23-11-9-15(10-12-23)18(24)21-16-7-5-6-8-17(16)28-20(26)22(3)4/h5-8,14-15H,9-13H2,1-4H3,(H,21,24). The zero-order valence-corrected chi connectivity index (χ0v) is 17.8. The van der Waals surface area contributed by atoms with Crippen molar-refractivity contribution < 1.29 is 19.1 Å². The molecule has 1 heterocycles. The van der Waals surface area contributed by atoms with Gasteiger partial charge in [-0.2, -0.15) is 0 Å². The molecule has 154 valence electrons. The highest BCUT2D eigenvalue weighted by Crippen LogP contribution is 2.29. The van der Waals surface area contributed by atoms with Crippen molar-refractivity contribution in [2.24, 2.45) is 11.8 Å². The molecule has 8 heteroatoms. The number of para-hydroxylation sites is 1. The quantitative estimate of drug-likeness (QED) is 0.749. The monoisotopic (exact) mass is 407 g/mol. The molecule has 3 amide bonds. The number of benzene rings is 1. The predicted octanol–water partition coefficient (Wildman–Crippen LogP) is 3.90. The number of carbonyl (C=O) groups is 3. The third-order valence-electron chi connectivity index (χ3n) is 4.37. The molecule has 0 radical (unpaired) electrons. The van der Waals surface area contributed by atoms with E-state index in [9.17, 15) is 14.4 Å². The summed E-state index contributed by atoms with van der Waals surface area (Å²) in [6, 6.07) is 7.27. The van der Waals surface area contributed by atoms with Crippen LogP contribution in [-0.2, 0) is 9.53 Å². The Balaban J connectivity index is 1.90. The van der Waals surface area contributed by atoms with Gasteiger partial charge in [0.25, 0.3) is 5.24 Å². The molecule has 2 rings (SSSR count). The summed E-state index contributed by atoms with van der Waals surface area (Å²) < 4.78 is 5.25. The Morgan fingerprint density at radius 3 is 2.46 bits per heavy atom. The van der Waals surface area contributed by atoms with Crippen LogP contribution in [0.3, 0.4) is 0 Å². The molecule has 0 saturated carbocycles. The van der Waals surface area contributed by atoms with Crippen molar-refractivity contribution in [2.45, 2.75) is 31.6 Å². The molecule has 0 bridgehead atoms. The number of hydrogen-bond donors (Lipinski definition) is 1. The van der Waals surface area contributed by atoms with Crippen LogP contribution in [0, 0.1) is 11.8 Å². The highest BCUT2D eigenvalue weighted by molar-refractivity contribution is 8.13. The maximum Gasteiger partial charge on any atom is 0.409 e. The number of nitrogens with zero attached hydrogens (tertiary/aromatic N) is 2. The lowest BCUT2D eigenvalue weighted by Gasteiger charge is -2.31. The van der Waals surface area contributed by atoms with E-state index in [1.807, 2.05) is 32.0 Å². The molecule has 1 N–H and O–H groups in total. The summed E-state index contributed by atoms with van der Waals surface area (Å²) in [6.45, 7) is 5.40. The van der Waals surface area contributed by atoms with Gasteiger partial charge in [0.15, 0.2) is 0 Å². The Morgan fingerprint density at radius 2 is 1.86 bits per heavy atom. The van der Waals surface area contributed by atoms with Gasteiger partial charge in [0.2, 0.25) is 5.91 Å². The molecular weight excluding hydrogens is 378 g/mol. The highest BCUT2D eigenvalue weighted by Gasteiger charge is 2.28. The van der Waals surface area contributed by atoms with Gasteiger partial charge in [-0.25, -0.2) is 4.79 Å². The fraction of sp³-hybridized carbons (Fsp3) is 0.550. The Bertz CT molecular complexity index is 700. The van der Waals surface area contributed by atoms with Crippen LogP contribution in [0.5, 0.6) is 0 Å². The fourth-order valence-electron chi connectivity index (χ4n) is 2.73. The van der Waals surface area contributed by atoms with Gasteiger partial charge in [-0.3, -0.25) is 9.59 Å². The molecule has 7 nitrogen and oxygen atoms in total. The summed E-state index contributed by atoms with van der Waals surface area (Å²) in [4.78, 5) is 40.6. The zero-order valence-electron chi connectivity index (χ0n) is 16.9. The lowest BCUT2D eigenvalue weighted by atomic mass is 9.96. The van der Waals surface area contributed by atoms with Gasteiger partial charge in [-0.15, -0.1) is 0 Å². The minimum atomic E-state index is -0.309. The molecule has 0 aromatic heterocycles. The number of nitrogens with one attached hydrogen (secondary N) is 1. The van der Waals surface area contributed by atoms with Crippen molar-refractivity contribution in [3.63, 3.8) is 0 Å². The molecule has 1 aromatic rings. The van der Waals surface area contributed by atoms with Gasteiger partial charge in [0.1, 0.15) is 0 Å². The summed E-state index contributed by atoms with van der Waals surface area (Å²) in [5.74, 6) is 0.0434. The first-order valence-electron chi connectivity index (χ1n) is 9.48. The van der Waals surface area contributed by atoms with Crippen LogP contribution in [0.1, 0.15) is 26.7 Å². The molecule has 1 aliphatic rings. The van der Waals surface area contributed by atoms with Gasteiger partial charge < -0.3 is 19.9 Å². The molecule has 0 atom stereocenters.